The lowest BCUT2D eigenvalue weighted by Gasteiger charge is -2.34. The Morgan fingerprint density at radius 3 is 2.59 bits per heavy atom. The maximum Gasteiger partial charge on any atom is 0.265 e. The normalized spacial score (nSPS) is 18.9. The molecule has 10 heteroatoms. The van der Waals surface area contributed by atoms with Gasteiger partial charge < -0.3 is 19.7 Å². The second-order valence-electron chi connectivity index (χ2n) is 8.17. The highest BCUT2D eigenvalue weighted by molar-refractivity contribution is 7.89. The molecule has 34 heavy (non-hydrogen) atoms. The van der Waals surface area contributed by atoms with Crippen molar-refractivity contribution in [3.05, 3.63) is 53.6 Å². The van der Waals surface area contributed by atoms with Crippen molar-refractivity contribution in [1.29, 1.82) is 0 Å². The molecule has 0 unspecified atom stereocenters. The zero-order chi connectivity index (χ0) is 24.5. The van der Waals surface area contributed by atoms with Gasteiger partial charge in [0.15, 0.2) is 6.10 Å². The van der Waals surface area contributed by atoms with Crippen LogP contribution in [0, 0.1) is 6.92 Å². The monoisotopic (exact) mass is 485 g/mol. The smallest absolute Gasteiger partial charge is 0.265 e. The van der Waals surface area contributed by atoms with Gasteiger partial charge in [-0.05, 0) is 37.6 Å². The van der Waals surface area contributed by atoms with E-state index in [-0.39, 0.29) is 42.9 Å². The molecule has 9 nitrogen and oxygen atoms in total. The largest absolute Gasteiger partial charge is 0.496 e. The van der Waals surface area contributed by atoms with Crippen molar-refractivity contribution in [2.24, 2.45) is 0 Å². The molecule has 0 bridgehead atoms. The minimum atomic E-state index is -3.80. The SMILES string of the molecule is COc1ccccc1/C=C/C(=O)N1CCN(S(=O)(=O)c2cc3c(cc2C)NC(=O)[C@H](C)O3)CC1. The Bertz CT molecular complexity index is 1250. The molecular weight excluding hydrogens is 458 g/mol. The zero-order valence-electron chi connectivity index (χ0n) is 19.3. The molecule has 1 fully saturated rings. The quantitative estimate of drug-likeness (QED) is 0.652. The molecule has 0 aromatic heterocycles. The first-order valence-corrected chi connectivity index (χ1v) is 12.4. The van der Waals surface area contributed by atoms with Crippen molar-refractivity contribution in [2.75, 3.05) is 38.6 Å². The topological polar surface area (TPSA) is 105 Å². The van der Waals surface area contributed by atoms with Crippen LogP contribution in [0.5, 0.6) is 11.5 Å². The first-order valence-electron chi connectivity index (χ1n) is 10.9. The van der Waals surface area contributed by atoms with Gasteiger partial charge in [0.05, 0.1) is 17.7 Å². The summed E-state index contributed by atoms with van der Waals surface area (Å²) in [4.78, 5) is 26.2. The van der Waals surface area contributed by atoms with Crippen LogP contribution in [-0.4, -0.2) is 68.8 Å². The molecule has 0 radical (unpaired) electrons. The summed E-state index contributed by atoms with van der Waals surface area (Å²) in [6, 6.07) is 10.4. The minimum absolute atomic E-state index is 0.130. The number of rotatable bonds is 5. The molecule has 2 aromatic carbocycles. The molecular formula is C24H27N3O6S. The molecule has 1 atom stereocenters. The Hall–Kier alpha value is -3.37. The number of fused-ring (bicyclic) bond motifs is 1. The van der Waals surface area contributed by atoms with Crippen LogP contribution in [0.1, 0.15) is 18.1 Å². The maximum absolute atomic E-state index is 13.3. The van der Waals surface area contributed by atoms with Gasteiger partial charge >= 0.3 is 0 Å². The molecule has 180 valence electrons. The van der Waals surface area contributed by atoms with Gasteiger partial charge in [-0.25, -0.2) is 8.42 Å². The molecule has 0 spiro atoms. The maximum atomic E-state index is 13.3. The lowest BCUT2D eigenvalue weighted by atomic mass is 10.1. The van der Waals surface area contributed by atoms with E-state index in [1.165, 1.54) is 16.4 Å². The summed E-state index contributed by atoms with van der Waals surface area (Å²) >= 11 is 0. The molecule has 0 aliphatic carbocycles. The molecule has 2 aliphatic heterocycles. The molecule has 2 amide bonds. The molecule has 0 saturated carbocycles. The molecule has 2 heterocycles. The lowest BCUT2D eigenvalue weighted by Crippen LogP contribution is -2.50. The van der Waals surface area contributed by atoms with Crippen LogP contribution in [0.15, 0.2) is 47.4 Å². The number of benzene rings is 2. The highest BCUT2D eigenvalue weighted by atomic mass is 32.2. The van der Waals surface area contributed by atoms with E-state index in [0.717, 1.165) is 5.56 Å². The number of hydrogen-bond donors (Lipinski definition) is 1. The van der Waals surface area contributed by atoms with E-state index in [2.05, 4.69) is 5.32 Å². The summed E-state index contributed by atoms with van der Waals surface area (Å²) < 4.78 is 39.0. The van der Waals surface area contributed by atoms with Crippen molar-refractivity contribution in [3.8, 4) is 11.5 Å². The standard InChI is InChI=1S/C24H27N3O6S/c1-16-14-19-21(33-17(2)24(29)25-19)15-22(16)34(30,31)27-12-10-26(11-13-27)23(28)9-8-18-6-4-5-7-20(18)32-3/h4-9,14-15,17H,10-13H2,1-3H3,(H,25,29)/b9-8+/t17-/m0/s1. The number of para-hydroxylation sites is 1. The first kappa shape index (κ1) is 23.8. The van der Waals surface area contributed by atoms with E-state index in [1.807, 2.05) is 24.3 Å². The number of nitrogens with zero attached hydrogens (tertiary/aromatic N) is 2. The van der Waals surface area contributed by atoms with Crippen LogP contribution >= 0.6 is 0 Å². The second-order valence-corrected chi connectivity index (χ2v) is 10.1. The van der Waals surface area contributed by atoms with E-state index in [4.69, 9.17) is 9.47 Å². The van der Waals surface area contributed by atoms with Crippen molar-refractivity contribution < 1.29 is 27.5 Å². The highest BCUT2D eigenvalue weighted by Crippen LogP contribution is 2.35. The average Bonchev–Trinajstić information content (AvgIpc) is 2.83. The van der Waals surface area contributed by atoms with Crippen molar-refractivity contribution in [3.63, 3.8) is 0 Å². The Labute approximate surface area is 199 Å². The summed E-state index contributed by atoms with van der Waals surface area (Å²) in [5, 5.41) is 2.73. The van der Waals surface area contributed by atoms with Gasteiger partial charge in [-0.1, -0.05) is 18.2 Å². The number of nitrogens with one attached hydrogen (secondary N) is 1. The van der Waals surface area contributed by atoms with Gasteiger partial charge in [-0.15, -0.1) is 0 Å². The fraction of sp³-hybridized carbons (Fsp3) is 0.333. The number of piperazine rings is 1. The Balaban J connectivity index is 1.45. The van der Waals surface area contributed by atoms with E-state index in [0.29, 0.717) is 22.7 Å². The van der Waals surface area contributed by atoms with Crippen LogP contribution in [0.3, 0.4) is 0 Å². The third-order valence-corrected chi connectivity index (χ3v) is 7.96. The van der Waals surface area contributed by atoms with Crippen LogP contribution in [-0.2, 0) is 19.6 Å². The van der Waals surface area contributed by atoms with Gasteiger partial charge in [0.1, 0.15) is 11.5 Å². The Morgan fingerprint density at radius 2 is 1.88 bits per heavy atom. The van der Waals surface area contributed by atoms with Crippen molar-refractivity contribution in [1.82, 2.24) is 9.21 Å². The van der Waals surface area contributed by atoms with E-state index >= 15 is 0 Å². The first-order chi connectivity index (χ1) is 16.2. The van der Waals surface area contributed by atoms with Gasteiger partial charge in [0, 0.05) is 43.9 Å². The predicted octanol–water partition coefficient (Wildman–Crippen LogP) is 2.27. The fourth-order valence-corrected chi connectivity index (χ4v) is 5.62. The van der Waals surface area contributed by atoms with Crippen LogP contribution in [0.2, 0.25) is 0 Å². The second kappa shape index (κ2) is 9.47. The van der Waals surface area contributed by atoms with E-state index < -0.39 is 16.1 Å². The molecule has 2 aliphatic rings. The number of amides is 2. The average molecular weight is 486 g/mol. The van der Waals surface area contributed by atoms with Crippen LogP contribution in [0.4, 0.5) is 5.69 Å². The third-order valence-electron chi connectivity index (χ3n) is 5.92. The van der Waals surface area contributed by atoms with Gasteiger partial charge in [0.2, 0.25) is 15.9 Å². The number of aryl methyl sites for hydroxylation is 1. The van der Waals surface area contributed by atoms with E-state index in [1.54, 1.807) is 38.0 Å². The van der Waals surface area contributed by atoms with Gasteiger partial charge in [-0.3, -0.25) is 9.59 Å². The predicted molar refractivity (Wildman–Crippen MR) is 127 cm³/mol. The van der Waals surface area contributed by atoms with Crippen molar-refractivity contribution in [2.45, 2.75) is 24.8 Å². The van der Waals surface area contributed by atoms with Gasteiger partial charge in [-0.2, -0.15) is 4.31 Å². The summed E-state index contributed by atoms with van der Waals surface area (Å²) in [6.07, 6.45) is 2.47. The summed E-state index contributed by atoms with van der Waals surface area (Å²) in [6.45, 7) is 4.20. The molecule has 1 N–H and O–H groups in total. The fourth-order valence-electron chi connectivity index (χ4n) is 3.98. The highest BCUT2D eigenvalue weighted by Gasteiger charge is 2.33. The minimum Gasteiger partial charge on any atom is -0.496 e. The Morgan fingerprint density at radius 1 is 1.18 bits per heavy atom. The number of carbonyl (C=O) groups excluding carboxylic acids is 2. The number of sulfonamides is 1. The summed E-state index contributed by atoms with van der Waals surface area (Å²) in [5.41, 5.74) is 1.75. The van der Waals surface area contributed by atoms with Crippen LogP contribution in [0.25, 0.3) is 6.08 Å². The van der Waals surface area contributed by atoms with E-state index in [9.17, 15) is 18.0 Å². The summed E-state index contributed by atoms with van der Waals surface area (Å²) in [7, 11) is -2.23. The number of anilines is 1. The number of hydrogen-bond acceptors (Lipinski definition) is 6. The molecule has 1 saturated heterocycles. The van der Waals surface area contributed by atoms with Gasteiger partial charge in [0.25, 0.3) is 5.91 Å². The number of methoxy groups -OCH3 is 1. The molecule has 4 rings (SSSR count). The summed E-state index contributed by atoms with van der Waals surface area (Å²) in [5.74, 6) is 0.529. The third kappa shape index (κ3) is 4.64. The molecule has 2 aromatic rings. The van der Waals surface area contributed by atoms with Crippen molar-refractivity contribution >= 4 is 33.6 Å². The number of carbonyl (C=O) groups is 2. The number of ether oxygens (including phenoxy) is 2. The lowest BCUT2D eigenvalue weighted by molar-refractivity contribution is -0.127. The Kier molecular flexibility index (Phi) is 6.63. The zero-order valence-corrected chi connectivity index (χ0v) is 20.1. The van der Waals surface area contributed by atoms with Crippen LogP contribution < -0.4 is 14.8 Å².